The zero-order valence-corrected chi connectivity index (χ0v) is 14.5. The van der Waals surface area contributed by atoms with E-state index in [9.17, 15) is 13.2 Å². The predicted octanol–water partition coefficient (Wildman–Crippen LogP) is 3.82. The maximum atomic E-state index is 12.3. The van der Waals surface area contributed by atoms with E-state index in [0.29, 0.717) is 10.6 Å². The first-order valence-corrected chi connectivity index (χ1v) is 8.79. The largest absolute Gasteiger partial charge is 0.478 e. The van der Waals surface area contributed by atoms with Gasteiger partial charge < -0.3 is 5.11 Å². The van der Waals surface area contributed by atoms with Gasteiger partial charge in [-0.1, -0.05) is 46.9 Å². The summed E-state index contributed by atoms with van der Waals surface area (Å²) in [5, 5.41) is 9.41. The van der Waals surface area contributed by atoms with Crippen LogP contribution in [0.15, 0.2) is 41.3 Å². The van der Waals surface area contributed by atoms with Crippen LogP contribution in [-0.2, 0) is 16.6 Å². The molecular formula is C14H10Cl3NO4S. The Balaban J connectivity index is 2.31. The van der Waals surface area contributed by atoms with Crippen LogP contribution in [0.4, 0.5) is 0 Å². The van der Waals surface area contributed by atoms with Gasteiger partial charge in [0, 0.05) is 6.54 Å². The van der Waals surface area contributed by atoms with Crippen molar-refractivity contribution >= 4 is 50.8 Å². The highest BCUT2D eigenvalue weighted by Gasteiger charge is 2.20. The number of hydrogen-bond donors (Lipinski definition) is 2. The van der Waals surface area contributed by atoms with Gasteiger partial charge in [-0.05, 0) is 29.8 Å². The predicted molar refractivity (Wildman–Crippen MR) is 88.9 cm³/mol. The molecule has 5 nitrogen and oxygen atoms in total. The fraction of sp³-hybridized carbons (Fsp3) is 0.0714. The van der Waals surface area contributed by atoms with E-state index in [0.717, 1.165) is 6.07 Å². The van der Waals surface area contributed by atoms with Gasteiger partial charge in [-0.3, -0.25) is 0 Å². The molecule has 2 rings (SSSR count). The molecule has 0 atom stereocenters. The smallest absolute Gasteiger partial charge is 0.335 e. The van der Waals surface area contributed by atoms with Crippen LogP contribution in [0.3, 0.4) is 0 Å². The number of carbonyl (C=O) groups is 1. The van der Waals surface area contributed by atoms with Crippen molar-refractivity contribution in [3.8, 4) is 0 Å². The van der Waals surface area contributed by atoms with Gasteiger partial charge in [-0.25, -0.2) is 17.9 Å². The fourth-order valence-electron chi connectivity index (χ4n) is 1.78. The van der Waals surface area contributed by atoms with E-state index in [1.807, 2.05) is 0 Å². The second-order valence-electron chi connectivity index (χ2n) is 4.49. The maximum absolute atomic E-state index is 12.3. The van der Waals surface area contributed by atoms with Crippen molar-refractivity contribution in [2.75, 3.05) is 0 Å². The number of benzene rings is 2. The molecule has 122 valence electrons. The molecule has 0 radical (unpaired) electrons. The minimum Gasteiger partial charge on any atom is -0.478 e. The fourth-order valence-corrected chi connectivity index (χ4v) is 3.69. The molecule has 2 aromatic carbocycles. The summed E-state index contributed by atoms with van der Waals surface area (Å²) in [7, 11) is -4.02. The van der Waals surface area contributed by atoms with Crippen LogP contribution in [0.25, 0.3) is 0 Å². The van der Waals surface area contributed by atoms with Gasteiger partial charge in [0.25, 0.3) is 0 Å². The van der Waals surface area contributed by atoms with E-state index in [2.05, 4.69) is 4.72 Å². The first kappa shape index (κ1) is 18.0. The van der Waals surface area contributed by atoms with Gasteiger partial charge in [0.2, 0.25) is 10.0 Å². The van der Waals surface area contributed by atoms with Crippen LogP contribution in [0.1, 0.15) is 15.9 Å². The Bertz CT molecular complexity index is 868. The number of hydrogen-bond acceptors (Lipinski definition) is 3. The van der Waals surface area contributed by atoms with Crippen LogP contribution < -0.4 is 4.72 Å². The third kappa shape index (κ3) is 4.16. The molecule has 0 aliphatic carbocycles. The summed E-state index contributed by atoms with van der Waals surface area (Å²) in [6, 6.07) is 8.26. The Hall–Kier alpha value is -1.31. The highest BCUT2D eigenvalue weighted by molar-refractivity contribution is 7.89. The lowest BCUT2D eigenvalue weighted by molar-refractivity contribution is 0.0696. The minimum atomic E-state index is -4.02. The first-order chi connectivity index (χ1) is 10.7. The van der Waals surface area contributed by atoms with Crippen molar-refractivity contribution < 1.29 is 18.3 Å². The first-order valence-electron chi connectivity index (χ1n) is 6.18. The summed E-state index contributed by atoms with van der Waals surface area (Å²) in [5.74, 6) is -1.25. The molecule has 0 aromatic heterocycles. The van der Waals surface area contributed by atoms with Crippen molar-refractivity contribution in [3.05, 3.63) is 62.6 Å². The highest BCUT2D eigenvalue weighted by atomic mass is 35.5. The second-order valence-corrected chi connectivity index (χ2v) is 7.42. The van der Waals surface area contributed by atoms with E-state index < -0.39 is 16.0 Å². The van der Waals surface area contributed by atoms with Crippen LogP contribution in [0, 0.1) is 0 Å². The SMILES string of the molecule is O=C(O)c1ccc(Cl)c(S(=O)(=O)NCc2cccc(Cl)c2Cl)c1. The third-order valence-electron chi connectivity index (χ3n) is 2.95. The standard InChI is InChI=1S/C14H10Cl3NO4S/c15-10-5-4-8(14(19)20)6-12(10)23(21,22)18-7-9-2-1-3-11(16)13(9)17/h1-6,18H,7H2,(H,19,20). The summed E-state index contributed by atoms with van der Waals surface area (Å²) in [6.45, 7) is -0.116. The average molecular weight is 395 g/mol. The van der Waals surface area contributed by atoms with Gasteiger partial charge in [0.15, 0.2) is 0 Å². The lowest BCUT2D eigenvalue weighted by Crippen LogP contribution is -2.24. The topological polar surface area (TPSA) is 83.5 Å². The Morgan fingerprint density at radius 1 is 1.09 bits per heavy atom. The van der Waals surface area contributed by atoms with Gasteiger partial charge in [0.05, 0.1) is 20.6 Å². The van der Waals surface area contributed by atoms with Crippen molar-refractivity contribution in [3.63, 3.8) is 0 Å². The van der Waals surface area contributed by atoms with Gasteiger partial charge in [-0.15, -0.1) is 0 Å². The summed E-state index contributed by atoms with van der Waals surface area (Å²) in [6.07, 6.45) is 0. The zero-order chi connectivity index (χ0) is 17.2. The van der Waals surface area contributed by atoms with Crippen LogP contribution in [0.5, 0.6) is 0 Å². The van der Waals surface area contributed by atoms with E-state index in [-0.39, 0.29) is 27.0 Å². The number of carboxylic acid groups (broad SMARTS) is 1. The molecule has 0 amide bonds. The summed E-state index contributed by atoms with van der Waals surface area (Å²) < 4.78 is 27.0. The van der Waals surface area contributed by atoms with E-state index >= 15 is 0 Å². The second kappa shape index (κ2) is 7.07. The quantitative estimate of drug-likeness (QED) is 0.807. The number of halogens is 3. The molecule has 9 heteroatoms. The maximum Gasteiger partial charge on any atom is 0.335 e. The number of rotatable bonds is 5. The number of nitrogens with one attached hydrogen (secondary N) is 1. The molecule has 0 saturated heterocycles. The molecular weight excluding hydrogens is 385 g/mol. The molecule has 0 aliphatic rings. The Labute approximate surface area is 147 Å². The summed E-state index contributed by atoms with van der Waals surface area (Å²) in [5.41, 5.74) is 0.295. The average Bonchev–Trinajstić information content (AvgIpc) is 2.49. The highest BCUT2D eigenvalue weighted by Crippen LogP contribution is 2.27. The van der Waals surface area contributed by atoms with Crippen LogP contribution in [-0.4, -0.2) is 19.5 Å². The minimum absolute atomic E-state index is 0.0836. The zero-order valence-electron chi connectivity index (χ0n) is 11.4. The van der Waals surface area contributed by atoms with Gasteiger partial charge >= 0.3 is 5.97 Å². The van der Waals surface area contributed by atoms with Crippen LogP contribution >= 0.6 is 34.8 Å². The lowest BCUT2D eigenvalue weighted by atomic mass is 10.2. The molecule has 0 spiro atoms. The van der Waals surface area contributed by atoms with E-state index in [1.54, 1.807) is 18.2 Å². The van der Waals surface area contributed by atoms with Crippen molar-refractivity contribution in [2.24, 2.45) is 0 Å². The molecule has 0 unspecified atom stereocenters. The number of carboxylic acids is 1. The summed E-state index contributed by atoms with van der Waals surface area (Å²) >= 11 is 17.7. The molecule has 0 saturated carbocycles. The number of sulfonamides is 1. The van der Waals surface area contributed by atoms with Gasteiger partial charge in [0.1, 0.15) is 4.90 Å². The van der Waals surface area contributed by atoms with E-state index in [1.165, 1.54) is 12.1 Å². The van der Waals surface area contributed by atoms with Crippen molar-refractivity contribution in [2.45, 2.75) is 11.4 Å². The van der Waals surface area contributed by atoms with Crippen LogP contribution in [0.2, 0.25) is 15.1 Å². The number of aromatic carboxylic acids is 1. The Kier molecular flexibility index (Phi) is 5.54. The normalized spacial score (nSPS) is 11.4. The van der Waals surface area contributed by atoms with Crippen molar-refractivity contribution in [1.29, 1.82) is 0 Å². The molecule has 0 bridgehead atoms. The Morgan fingerprint density at radius 3 is 2.43 bits per heavy atom. The van der Waals surface area contributed by atoms with Crippen molar-refractivity contribution in [1.82, 2.24) is 4.72 Å². The monoisotopic (exact) mass is 393 g/mol. The molecule has 0 fully saturated rings. The van der Waals surface area contributed by atoms with E-state index in [4.69, 9.17) is 39.9 Å². The third-order valence-corrected chi connectivity index (χ3v) is 5.69. The van der Waals surface area contributed by atoms with Gasteiger partial charge in [-0.2, -0.15) is 0 Å². The Morgan fingerprint density at radius 2 is 1.78 bits per heavy atom. The molecule has 23 heavy (non-hydrogen) atoms. The molecule has 2 N–H and O–H groups in total. The molecule has 0 heterocycles. The lowest BCUT2D eigenvalue weighted by Gasteiger charge is -2.10. The molecule has 0 aliphatic heterocycles. The summed E-state index contributed by atoms with van der Waals surface area (Å²) in [4.78, 5) is 10.6. The molecule has 2 aromatic rings.